The predicted octanol–water partition coefficient (Wildman–Crippen LogP) is 2.17. The van der Waals surface area contributed by atoms with E-state index in [1.807, 2.05) is 0 Å². The van der Waals surface area contributed by atoms with Crippen LogP contribution in [0.15, 0.2) is 58.3 Å². The molecule has 0 heterocycles. The third kappa shape index (κ3) is 4.19. The van der Waals surface area contributed by atoms with E-state index in [9.17, 15) is 16.8 Å². The minimum Gasteiger partial charge on any atom is -0.206 e. The molecule has 0 unspecified atom stereocenters. The summed E-state index contributed by atoms with van der Waals surface area (Å²) in [6.07, 6.45) is 0. The van der Waals surface area contributed by atoms with Crippen molar-refractivity contribution in [2.75, 3.05) is 0 Å². The molecule has 0 aromatic heterocycles. The van der Waals surface area contributed by atoms with E-state index < -0.39 is 20.0 Å². The van der Waals surface area contributed by atoms with Gasteiger partial charge in [0.2, 0.25) is 0 Å². The summed E-state index contributed by atoms with van der Waals surface area (Å²) in [6.45, 7) is 0. The molecule has 0 saturated heterocycles. The smallest absolute Gasteiger partial charge is 0.206 e. The van der Waals surface area contributed by atoms with E-state index in [2.05, 4.69) is 0 Å². The second-order valence-electron chi connectivity index (χ2n) is 4.12. The average molecular weight is 381 g/mol. The van der Waals surface area contributed by atoms with Crippen LogP contribution in [0, 0.1) is 0 Å². The van der Waals surface area contributed by atoms with Crippen molar-refractivity contribution in [1.29, 1.82) is 0 Å². The van der Waals surface area contributed by atoms with Gasteiger partial charge in [-0.15, -0.1) is 9.66 Å². The Morgan fingerprint density at radius 3 is 1.14 bits per heavy atom. The number of halogens is 2. The summed E-state index contributed by atoms with van der Waals surface area (Å²) in [5.74, 6) is 0. The van der Waals surface area contributed by atoms with Gasteiger partial charge in [0.25, 0.3) is 20.0 Å². The van der Waals surface area contributed by atoms with E-state index in [-0.39, 0.29) is 9.79 Å². The largest absolute Gasteiger partial charge is 0.254 e. The molecule has 0 spiro atoms. The Hall–Kier alpha value is -1.16. The van der Waals surface area contributed by atoms with Gasteiger partial charge in [-0.05, 0) is 48.5 Å². The number of benzene rings is 2. The van der Waals surface area contributed by atoms with E-state index in [1.54, 1.807) is 9.66 Å². The van der Waals surface area contributed by atoms with Gasteiger partial charge >= 0.3 is 0 Å². The molecule has 0 radical (unpaired) electrons. The molecular formula is C12H10Cl2N2O4S2. The highest BCUT2D eigenvalue weighted by molar-refractivity contribution is 7.92. The second kappa shape index (κ2) is 6.53. The van der Waals surface area contributed by atoms with Crippen molar-refractivity contribution in [2.24, 2.45) is 0 Å². The first kappa shape index (κ1) is 17.2. The minimum absolute atomic E-state index is 0.129. The third-order valence-corrected chi connectivity index (χ3v) is 5.72. The topological polar surface area (TPSA) is 92.3 Å². The molecule has 2 rings (SSSR count). The first-order chi connectivity index (χ1) is 10.2. The Labute approximate surface area is 138 Å². The van der Waals surface area contributed by atoms with Gasteiger partial charge < -0.3 is 0 Å². The number of hydrogen-bond donors (Lipinski definition) is 2. The van der Waals surface area contributed by atoms with Gasteiger partial charge in [0.15, 0.2) is 0 Å². The molecule has 0 atom stereocenters. The first-order valence-corrected chi connectivity index (χ1v) is 9.48. The molecule has 118 valence electrons. The standard InChI is InChI=1S/C12H10Cl2N2O4S2/c13-9-1-5-11(6-2-9)21(17,18)15-16-22(19,20)12-7-3-10(14)4-8-12/h1-8,15-16H. The number of hydrazine groups is 1. The van der Waals surface area contributed by atoms with E-state index >= 15 is 0 Å². The van der Waals surface area contributed by atoms with Crippen LogP contribution < -0.4 is 9.66 Å². The number of nitrogens with one attached hydrogen (secondary N) is 2. The molecule has 0 amide bonds. The molecule has 0 aliphatic rings. The molecule has 2 aromatic carbocycles. The van der Waals surface area contributed by atoms with Gasteiger partial charge in [-0.3, -0.25) is 0 Å². The quantitative estimate of drug-likeness (QED) is 0.777. The second-order valence-corrected chi connectivity index (χ2v) is 8.36. The lowest BCUT2D eigenvalue weighted by Gasteiger charge is -2.09. The van der Waals surface area contributed by atoms with Crippen molar-refractivity contribution in [3.8, 4) is 0 Å². The monoisotopic (exact) mass is 380 g/mol. The average Bonchev–Trinajstić information content (AvgIpc) is 2.46. The maximum absolute atomic E-state index is 12.0. The van der Waals surface area contributed by atoms with E-state index in [0.29, 0.717) is 10.0 Å². The fourth-order valence-electron chi connectivity index (χ4n) is 1.46. The van der Waals surface area contributed by atoms with Crippen LogP contribution in [0.5, 0.6) is 0 Å². The fourth-order valence-corrected chi connectivity index (χ4v) is 3.81. The maximum atomic E-state index is 12.0. The van der Waals surface area contributed by atoms with Crippen LogP contribution in [-0.4, -0.2) is 16.8 Å². The summed E-state index contributed by atoms with van der Waals surface area (Å²) in [5, 5.41) is 0.724. The predicted molar refractivity (Wildman–Crippen MR) is 83.5 cm³/mol. The Balaban J connectivity index is 2.17. The highest BCUT2D eigenvalue weighted by Crippen LogP contribution is 2.15. The molecule has 2 aromatic rings. The van der Waals surface area contributed by atoms with Gasteiger partial charge in [-0.1, -0.05) is 23.2 Å². The Morgan fingerprint density at radius 2 is 0.864 bits per heavy atom. The van der Waals surface area contributed by atoms with Crippen LogP contribution in [0.2, 0.25) is 10.0 Å². The summed E-state index contributed by atoms with van der Waals surface area (Å²) < 4.78 is 47.9. The fraction of sp³-hybridized carbons (Fsp3) is 0. The van der Waals surface area contributed by atoms with Gasteiger partial charge in [0.05, 0.1) is 9.79 Å². The van der Waals surface area contributed by atoms with Crippen LogP contribution in [0.1, 0.15) is 0 Å². The Bertz CT molecular complexity index is 789. The zero-order chi connectivity index (χ0) is 16.4. The SMILES string of the molecule is O=S(=O)(NNS(=O)(=O)c1ccc(Cl)cc1)c1ccc(Cl)cc1. The van der Waals surface area contributed by atoms with Crippen LogP contribution in [0.4, 0.5) is 0 Å². The van der Waals surface area contributed by atoms with E-state index in [4.69, 9.17) is 23.2 Å². The van der Waals surface area contributed by atoms with Gasteiger partial charge in [0.1, 0.15) is 0 Å². The molecule has 0 fully saturated rings. The van der Waals surface area contributed by atoms with Crippen LogP contribution in [-0.2, 0) is 20.0 Å². The van der Waals surface area contributed by atoms with Crippen molar-refractivity contribution >= 4 is 43.2 Å². The lowest BCUT2D eigenvalue weighted by Crippen LogP contribution is -2.41. The molecule has 10 heteroatoms. The first-order valence-electron chi connectivity index (χ1n) is 5.75. The Morgan fingerprint density at radius 1 is 0.591 bits per heavy atom. The zero-order valence-electron chi connectivity index (χ0n) is 10.8. The molecule has 0 aliphatic heterocycles. The molecule has 0 saturated carbocycles. The third-order valence-electron chi connectivity index (χ3n) is 2.56. The van der Waals surface area contributed by atoms with Crippen molar-refractivity contribution in [2.45, 2.75) is 9.79 Å². The van der Waals surface area contributed by atoms with E-state index in [0.717, 1.165) is 0 Å². The molecule has 6 nitrogen and oxygen atoms in total. The molecule has 2 N–H and O–H groups in total. The van der Waals surface area contributed by atoms with Crippen molar-refractivity contribution in [1.82, 2.24) is 9.66 Å². The lowest BCUT2D eigenvalue weighted by molar-refractivity contribution is 0.557. The zero-order valence-corrected chi connectivity index (χ0v) is 14.0. The molecule has 0 bridgehead atoms. The summed E-state index contributed by atoms with van der Waals surface area (Å²) in [7, 11) is -8.10. The van der Waals surface area contributed by atoms with E-state index in [1.165, 1.54) is 48.5 Å². The maximum Gasteiger partial charge on any atom is 0.254 e. The highest BCUT2D eigenvalue weighted by atomic mass is 35.5. The van der Waals surface area contributed by atoms with Gasteiger partial charge in [0, 0.05) is 10.0 Å². The number of rotatable bonds is 5. The molecule has 0 aliphatic carbocycles. The molecule has 22 heavy (non-hydrogen) atoms. The lowest BCUT2D eigenvalue weighted by atomic mass is 10.4. The van der Waals surface area contributed by atoms with Gasteiger partial charge in [-0.2, -0.15) is 0 Å². The van der Waals surface area contributed by atoms with Crippen LogP contribution >= 0.6 is 23.2 Å². The number of hydrogen-bond acceptors (Lipinski definition) is 4. The summed E-state index contributed by atoms with van der Waals surface area (Å²) in [5.41, 5.74) is 0. The normalized spacial score (nSPS) is 12.3. The van der Waals surface area contributed by atoms with Crippen LogP contribution in [0.3, 0.4) is 0 Å². The van der Waals surface area contributed by atoms with Gasteiger partial charge in [-0.25, -0.2) is 16.8 Å². The van der Waals surface area contributed by atoms with Crippen molar-refractivity contribution in [3.05, 3.63) is 58.6 Å². The number of sulfonamides is 2. The van der Waals surface area contributed by atoms with Crippen molar-refractivity contribution in [3.63, 3.8) is 0 Å². The molecular weight excluding hydrogens is 371 g/mol. The summed E-state index contributed by atoms with van der Waals surface area (Å²) in [4.78, 5) is 3.35. The van der Waals surface area contributed by atoms with Crippen molar-refractivity contribution < 1.29 is 16.8 Å². The highest BCUT2D eigenvalue weighted by Gasteiger charge is 2.19. The Kier molecular flexibility index (Phi) is 5.10. The summed E-state index contributed by atoms with van der Waals surface area (Å²) >= 11 is 11.3. The van der Waals surface area contributed by atoms with Crippen LogP contribution in [0.25, 0.3) is 0 Å². The minimum atomic E-state index is -4.05. The summed E-state index contributed by atoms with van der Waals surface area (Å²) in [6, 6.07) is 10.5.